The first-order chi connectivity index (χ1) is 8.78. The van der Waals surface area contributed by atoms with Gasteiger partial charge in [-0.25, -0.2) is 4.98 Å². The van der Waals surface area contributed by atoms with Gasteiger partial charge in [-0.05, 0) is 25.6 Å². The van der Waals surface area contributed by atoms with Crippen molar-refractivity contribution in [2.24, 2.45) is 0 Å². The van der Waals surface area contributed by atoms with Gasteiger partial charge in [-0.2, -0.15) is 0 Å². The van der Waals surface area contributed by atoms with E-state index < -0.39 is 0 Å². The summed E-state index contributed by atoms with van der Waals surface area (Å²) in [5.74, 6) is 0.893. The second-order valence-electron chi connectivity index (χ2n) is 4.10. The fourth-order valence-corrected chi connectivity index (χ4v) is 2.33. The fourth-order valence-electron chi connectivity index (χ4n) is 1.52. The van der Waals surface area contributed by atoms with Gasteiger partial charge in [0.15, 0.2) is 0 Å². The number of nitrogens with one attached hydrogen (secondary N) is 1. The van der Waals surface area contributed by atoms with Gasteiger partial charge < -0.3 is 10.1 Å². The Morgan fingerprint density at radius 3 is 2.78 bits per heavy atom. The largest absolute Gasteiger partial charge is 0.486 e. The molecule has 0 saturated carbocycles. The number of ether oxygens (including phenoxy) is 1. The highest BCUT2D eigenvalue weighted by Gasteiger charge is 2.02. The molecule has 0 spiro atoms. The van der Waals surface area contributed by atoms with Crippen molar-refractivity contribution in [1.29, 1.82) is 0 Å². The molecule has 2 aromatic rings. The van der Waals surface area contributed by atoms with Gasteiger partial charge in [-0.15, -0.1) is 11.3 Å². The van der Waals surface area contributed by atoms with Crippen LogP contribution in [0.3, 0.4) is 0 Å². The third-order valence-corrected chi connectivity index (χ3v) is 3.50. The summed E-state index contributed by atoms with van der Waals surface area (Å²) in [5, 5.41) is 4.30. The Hall–Kier alpha value is -1.39. The Balaban J connectivity index is 1.86. The molecule has 1 aromatic heterocycles. The average Bonchev–Trinajstić information content (AvgIpc) is 2.84. The maximum Gasteiger partial charge on any atom is 0.140 e. The fraction of sp³-hybridized carbons (Fsp3) is 0.357. The Morgan fingerprint density at radius 1 is 1.28 bits per heavy atom. The molecule has 0 radical (unpaired) electrons. The van der Waals surface area contributed by atoms with E-state index in [2.05, 4.69) is 24.1 Å². The Bertz CT molecular complexity index is 479. The molecule has 1 N–H and O–H groups in total. The highest BCUT2D eigenvalue weighted by Crippen LogP contribution is 2.17. The van der Waals surface area contributed by atoms with Gasteiger partial charge in [-0.1, -0.05) is 24.6 Å². The molecule has 1 heterocycles. The minimum Gasteiger partial charge on any atom is -0.486 e. The van der Waals surface area contributed by atoms with E-state index in [0.29, 0.717) is 6.61 Å². The van der Waals surface area contributed by atoms with E-state index in [9.17, 15) is 0 Å². The third-order valence-electron chi connectivity index (χ3n) is 2.53. The van der Waals surface area contributed by atoms with Crippen LogP contribution < -0.4 is 10.1 Å². The smallest absolute Gasteiger partial charge is 0.140 e. The van der Waals surface area contributed by atoms with Crippen molar-refractivity contribution >= 4 is 11.3 Å². The zero-order chi connectivity index (χ0) is 12.8. The van der Waals surface area contributed by atoms with Gasteiger partial charge in [0, 0.05) is 17.6 Å². The van der Waals surface area contributed by atoms with Gasteiger partial charge in [0.2, 0.25) is 0 Å². The number of nitrogens with zero attached hydrogens (tertiary/aromatic N) is 1. The van der Waals surface area contributed by atoms with Crippen molar-refractivity contribution in [2.45, 2.75) is 27.0 Å². The van der Waals surface area contributed by atoms with Gasteiger partial charge in [0.1, 0.15) is 17.4 Å². The first kappa shape index (κ1) is 13.1. The Morgan fingerprint density at radius 2 is 2.06 bits per heavy atom. The first-order valence-electron chi connectivity index (χ1n) is 6.11. The van der Waals surface area contributed by atoms with Crippen LogP contribution in [-0.2, 0) is 13.2 Å². The predicted octanol–water partition coefficient (Wildman–Crippen LogP) is 3.14. The third kappa shape index (κ3) is 3.82. The molecule has 0 amide bonds. The van der Waals surface area contributed by atoms with Crippen LogP contribution in [0.2, 0.25) is 0 Å². The van der Waals surface area contributed by atoms with E-state index in [1.165, 1.54) is 10.4 Å². The maximum atomic E-state index is 5.69. The summed E-state index contributed by atoms with van der Waals surface area (Å²) in [6.07, 6.45) is 1.92. The molecular weight excluding hydrogens is 244 g/mol. The van der Waals surface area contributed by atoms with Crippen LogP contribution in [0, 0.1) is 6.92 Å². The summed E-state index contributed by atoms with van der Waals surface area (Å²) >= 11 is 1.70. The molecule has 0 aliphatic carbocycles. The standard InChI is InChI=1S/C14H18N2OS/c1-3-15-8-13-9-16-14(18-13)10-17-12-6-4-11(2)5-7-12/h4-7,9,15H,3,8,10H2,1-2H3. The molecule has 1 aromatic carbocycles. The minimum atomic E-state index is 0.542. The van der Waals surface area contributed by atoms with Crippen LogP contribution in [0.25, 0.3) is 0 Å². The van der Waals surface area contributed by atoms with Crippen molar-refractivity contribution in [2.75, 3.05) is 6.54 Å². The monoisotopic (exact) mass is 262 g/mol. The molecule has 4 heteroatoms. The summed E-state index contributed by atoms with van der Waals surface area (Å²) in [5.41, 5.74) is 1.24. The molecule has 18 heavy (non-hydrogen) atoms. The molecular formula is C14H18N2OS. The minimum absolute atomic E-state index is 0.542. The van der Waals surface area contributed by atoms with Crippen molar-refractivity contribution in [3.8, 4) is 5.75 Å². The molecule has 3 nitrogen and oxygen atoms in total. The molecule has 0 atom stereocenters. The highest BCUT2D eigenvalue weighted by atomic mass is 32.1. The van der Waals surface area contributed by atoms with Crippen molar-refractivity contribution in [3.05, 3.63) is 45.9 Å². The van der Waals surface area contributed by atoms with Crippen LogP contribution in [-0.4, -0.2) is 11.5 Å². The normalized spacial score (nSPS) is 10.6. The van der Waals surface area contributed by atoms with Gasteiger partial charge >= 0.3 is 0 Å². The van der Waals surface area contributed by atoms with Crippen molar-refractivity contribution in [1.82, 2.24) is 10.3 Å². The second-order valence-corrected chi connectivity index (χ2v) is 5.30. The summed E-state index contributed by atoms with van der Waals surface area (Å²) < 4.78 is 5.69. The highest BCUT2D eigenvalue weighted by molar-refractivity contribution is 7.11. The number of benzene rings is 1. The van der Waals surface area contributed by atoms with Crippen LogP contribution in [0.1, 0.15) is 22.4 Å². The van der Waals surface area contributed by atoms with Crippen LogP contribution >= 0.6 is 11.3 Å². The summed E-state index contributed by atoms with van der Waals surface area (Å²) in [6.45, 7) is 6.58. The van der Waals surface area contributed by atoms with E-state index in [1.54, 1.807) is 11.3 Å². The maximum absolute atomic E-state index is 5.69. The number of hydrogen-bond donors (Lipinski definition) is 1. The summed E-state index contributed by atoms with van der Waals surface area (Å²) in [4.78, 5) is 5.60. The lowest BCUT2D eigenvalue weighted by Gasteiger charge is -2.03. The van der Waals surface area contributed by atoms with Gasteiger partial charge in [0.05, 0.1) is 0 Å². The first-order valence-corrected chi connectivity index (χ1v) is 6.93. The lowest BCUT2D eigenvalue weighted by atomic mass is 10.2. The quantitative estimate of drug-likeness (QED) is 0.868. The number of thiazole rings is 1. The molecule has 0 saturated heterocycles. The van der Waals surface area contributed by atoms with Crippen molar-refractivity contribution < 1.29 is 4.74 Å². The summed E-state index contributed by atoms with van der Waals surface area (Å²) in [7, 11) is 0. The molecule has 2 rings (SSSR count). The molecule has 0 aliphatic heterocycles. The molecule has 0 aliphatic rings. The molecule has 96 valence electrons. The van der Waals surface area contributed by atoms with Crippen LogP contribution in [0.5, 0.6) is 5.75 Å². The topological polar surface area (TPSA) is 34.2 Å². The zero-order valence-corrected chi connectivity index (χ0v) is 11.6. The van der Waals surface area contributed by atoms with E-state index in [4.69, 9.17) is 4.74 Å². The van der Waals surface area contributed by atoms with Crippen LogP contribution in [0.4, 0.5) is 0 Å². The van der Waals surface area contributed by atoms with Gasteiger partial charge in [-0.3, -0.25) is 0 Å². The van der Waals surface area contributed by atoms with Crippen LogP contribution in [0.15, 0.2) is 30.5 Å². The molecule has 0 bridgehead atoms. The number of rotatable bonds is 6. The lowest BCUT2D eigenvalue weighted by molar-refractivity contribution is 0.305. The zero-order valence-electron chi connectivity index (χ0n) is 10.8. The lowest BCUT2D eigenvalue weighted by Crippen LogP contribution is -2.10. The molecule has 0 unspecified atom stereocenters. The van der Waals surface area contributed by atoms with Gasteiger partial charge in [0.25, 0.3) is 0 Å². The van der Waals surface area contributed by atoms with E-state index >= 15 is 0 Å². The Kier molecular flexibility index (Phi) is 4.73. The van der Waals surface area contributed by atoms with E-state index in [-0.39, 0.29) is 0 Å². The predicted molar refractivity (Wildman–Crippen MR) is 75.0 cm³/mol. The summed E-state index contributed by atoms with van der Waals surface area (Å²) in [6, 6.07) is 8.08. The average molecular weight is 262 g/mol. The Labute approximate surface area is 112 Å². The van der Waals surface area contributed by atoms with E-state index in [1.807, 2.05) is 30.5 Å². The number of aromatic nitrogens is 1. The van der Waals surface area contributed by atoms with E-state index in [0.717, 1.165) is 23.8 Å². The number of aryl methyl sites for hydroxylation is 1. The SMILES string of the molecule is CCNCc1cnc(COc2ccc(C)cc2)s1. The molecule has 0 fully saturated rings. The second kappa shape index (κ2) is 6.52. The number of hydrogen-bond acceptors (Lipinski definition) is 4. The van der Waals surface area contributed by atoms with Crippen molar-refractivity contribution in [3.63, 3.8) is 0 Å².